The van der Waals surface area contributed by atoms with Crippen molar-refractivity contribution in [3.05, 3.63) is 0 Å². The summed E-state index contributed by atoms with van der Waals surface area (Å²) in [6.07, 6.45) is 2.42. The highest BCUT2D eigenvalue weighted by Gasteiger charge is 2.32. The summed E-state index contributed by atoms with van der Waals surface area (Å²) in [5.74, 6) is -0.107. The summed E-state index contributed by atoms with van der Waals surface area (Å²) in [5, 5.41) is 3.02. The molecule has 2 fully saturated rings. The number of likely N-dealkylation sites (N-methyl/N-ethyl adjacent to an activating group) is 1. The standard InChI is InChI=1S/C12H23N3O2/c1-2-15-5-3-4-9(15)6-14-12(16)10-7-17-8-11(10)13/h9-11H,2-8,13H2,1H3,(H,14,16). The van der Waals surface area contributed by atoms with Crippen LogP contribution in [0.3, 0.4) is 0 Å². The molecule has 2 saturated heterocycles. The Hall–Kier alpha value is -0.650. The van der Waals surface area contributed by atoms with Crippen molar-refractivity contribution in [2.75, 3.05) is 32.8 Å². The van der Waals surface area contributed by atoms with Gasteiger partial charge in [0.2, 0.25) is 5.91 Å². The SMILES string of the molecule is CCN1CCCC1CNC(=O)C1COCC1N. The fourth-order valence-corrected chi connectivity index (χ4v) is 2.73. The number of hydrogen-bond acceptors (Lipinski definition) is 4. The van der Waals surface area contributed by atoms with Crippen LogP contribution in [0.15, 0.2) is 0 Å². The normalized spacial score (nSPS) is 34.1. The Labute approximate surface area is 103 Å². The minimum absolute atomic E-state index is 0.0537. The van der Waals surface area contributed by atoms with Crippen LogP contribution < -0.4 is 11.1 Å². The fourth-order valence-electron chi connectivity index (χ4n) is 2.73. The van der Waals surface area contributed by atoms with E-state index in [2.05, 4.69) is 17.1 Å². The molecule has 2 aliphatic rings. The number of amides is 1. The van der Waals surface area contributed by atoms with E-state index in [4.69, 9.17) is 10.5 Å². The average Bonchev–Trinajstić information content (AvgIpc) is 2.94. The number of rotatable bonds is 4. The number of carbonyl (C=O) groups is 1. The minimum Gasteiger partial charge on any atom is -0.379 e. The molecule has 3 atom stereocenters. The molecule has 5 heteroatoms. The van der Waals surface area contributed by atoms with Gasteiger partial charge in [-0.25, -0.2) is 0 Å². The predicted molar refractivity (Wildman–Crippen MR) is 65.6 cm³/mol. The predicted octanol–water partition coefficient (Wildman–Crippen LogP) is -0.439. The van der Waals surface area contributed by atoms with Gasteiger partial charge >= 0.3 is 0 Å². The van der Waals surface area contributed by atoms with Crippen molar-refractivity contribution >= 4 is 5.91 Å². The molecule has 3 N–H and O–H groups in total. The van der Waals surface area contributed by atoms with Crippen molar-refractivity contribution in [1.82, 2.24) is 10.2 Å². The van der Waals surface area contributed by atoms with Crippen molar-refractivity contribution in [2.24, 2.45) is 11.7 Å². The highest BCUT2D eigenvalue weighted by Crippen LogP contribution is 2.16. The first-order chi connectivity index (χ1) is 8.22. The third kappa shape index (κ3) is 2.97. The van der Waals surface area contributed by atoms with E-state index >= 15 is 0 Å². The van der Waals surface area contributed by atoms with Crippen molar-refractivity contribution in [2.45, 2.75) is 31.8 Å². The van der Waals surface area contributed by atoms with Crippen LogP contribution in [0, 0.1) is 5.92 Å². The third-order valence-corrected chi connectivity index (χ3v) is 3.88. The first-order valence-corrected chi connectivity index (χ1v) is 6.57. The Morgan fingerprint density at radius 1 is 1.53 bits per heavy atom. The van der Waals surface area contributed by atoms with Crippen molar-refractivity contribution < 1.29 is 9.53 Å². The fraction of sp³-hybridized carbons (Fsp3) is 0.917. The molecule has 0 saturated carbocycles. The Morgan fingerprint density at radius 2 is 2.35 bits per heavy atom. The molecule has 0 radical (unpaired) electrons. The number of hydrogen-bond donors (Lipinski definition) is 2. The summed E-state index contributed by atoms with van der Waals surface area (Å²) >= 11 is 0. The second-order valence-electron chi connectivity index (χ2n) is 4.98. The van der Waals surface area contributed by atoms with Gasteiger partial charge in [0.25, 0.3) is 0 Å². The van der Waals surface area contributed by atoms with Crippen LogP contribution >= 0.6 is 0 Å². The topological polar surface area (TPSA) is 67.6 Å². The molecule has 0 spiro atoms. The summed E-state index contributed by atoms with van der Waals surface area (Å²) in [5.41, 5.74) is 5.82. The molecular weight excluding hydrogens is 218 g/mol. The van der Waals surface area contributed by atoms with Crippen LogP contribution in [0.25, 0.3) is 0 Å². The van der Waals surface area contributed by atoms with Crippen LogP contribution in [0.2, 0.25) is 0 Å². The number of nitrogens with one attached hydrogen (secondary N) is 1. The lowest BCUT2D eigenvalue weighted by Gasteiger charge is -2.24. The van der Waals surface area contributed by atoms with E-state index in [1.165, 1.54) is 12.8 Å². The summed E-state index contributed by atoms with van der Waals surface area (Å²) in [6.45, 7) is 6.10. The average molecular weight is 241 g/mol. The van der Waals surface area contributed by atoms with E-state index < -0.39 is 0 Å². The van der Waals surface area contributed by atoms with E-state index in [0.29, 0.717) is 19.3 Å². The molecule has 17 heavy (non-hydrogen) atoms. The lowest BCUT2D eigenvalue weighted by molar-refractivity contribution is -0.125. The van der Waals surface area contributed by atoms with Gasteiger partial charge in [0.1, 0.15) is 0 Å². The first kappa shape index (κ1) is 12.8. The number of nitrogens with zero attached hydrogens (tertiary/aromatic N) is 1. The van der Waals surface area contributed by atoms with Gasteiger partial charge in [-0.15, -0.1) is 0 Å². The van der Waals surface area contributed by atoms with E-state index in [1.54, 1.807) is 0 Å². The number of nitrogens with two attached hydrogens (primary N) is 1. The molecule has 5 nitrogen and oxygen atoms in total. The Kier molecular flexibility index (Phi) is 4.36. The second-order valence-corrected chi connectivity index (χ2v) is 4.98. The summed E-state index contributed by atoms with van der Waals surface area (Å²) in [6, 6.07) is 0.364. The summed E-state index contributed by atoms with van der Waals surface area (Å²) < 4.78 is 5.21. The molecule has 0 aliphatic carbocycles. The van der Waals surface area contributed by atoms with Gasteiger partial charge < -0.3 is 15.8 Å². The maximum absolute atomic E-state index is 11.9. The molecule has 2 rings (SSSR count). The molecule has 3 unspecified atom stereocenters. The molecule has 2 aliphatic heterocycles. The van der Waals surface area contributed by atoms with Crippen LogP contribution in [0.4, 0.5) is 0 Å². The summed E-state index contributed by atoms with van der Waals surface area (Å²) in [4.78, 5) is 14.3. The van der Waals surface area contributed by atoms with Crippen molar-refractivity contribution in [1.29, 1.82) is 0 Å². The van der Waals surface area contributed by atoms with E-state index in [9.17, 15) is 4.79 Å². The van der Waals surface area contributed by atoms with Gasteiger partial charge in [-0.2, -0.15) is 0 Å². The van der Waals surface area contributed by atoms with E-state index in [-0.39, 0.29) is 17.9 Å². The highest BCUT2D eigenvalue weighted by molar-refractivity contribution is 5.79. The first-order valence-electron chi connectivity index (χ1n) is 6.57. The summed E-state index contributed by atoms with van der Waals surface area (Å²) in [7, 11) is 0. The maximum atomic E-state index is 11.9. The van der Waals surface area contributed by atoms with Gasteiger partial charge in [-0.05, 0) is 25.9 Å². The zero-order valence-electron chi connectivity index (χ0n) is 10.5. The van der Waals surface area contributed by atoms with Crippen LogP contribution in [-0.2, 0) is 9.53 Å². The lowest BCUT2D eigenvalue weighted by atomic mass is 10.0. The van der Waals surface area contributed by atoms with Crippen molar-refractivity contribution in [3.8, 4) is 0 Å². The molecule has 0 bridgehead atoms. The second kappa shape index (κ2) is 5.80. The zero-order valence-corrected chi connectivity index (χ0v) is 10.5. The number of ether oxygens (including phenoxy) is 1. The molecular formula is C12H23N3O2. The number of likely N-dealkylation sites (tertiary alicyclic amines) is 1. The van der Waals surface area contributed by atoms with Crippen molar-refractivity contribution in [3.63, 3.8) is 0 Å². The van der Waals surface area contributed by atoms with Gasteiger partial charge in [0.15, 0.2) is 0 Å². The molecule has 98 valence electrons. The quantitative estimate of drug-likeness (QED) is 0.700. The Bertz CT molecular complexity index is 272. The maximum Gasteiger partial charge on any atom is 0.227 e. The van der Waals surface area contributed by atoms with Gasteiger partial charge in [0.05, 0.1) is 19.1 Å². The van der Waals surface area contributed by atoms with Gasteiger partial charge in [-0.1, -0.05) is 6.92 Å². The zero-order chi connectivity index (χ0) is 12.3. The molecule has 0 aromatic rings. The number of carbonyl (C=O) groups excluding carboxylic acids is 1. The molecule has 2 heterocycles. The van der Waals surface area contributed by atoms with E-state index in [0.717, 1.165) is 19.6 Å². The third-order valence-electron chi connectivity index (χ3n) is 3.88. The smallest absolute Gasteiger partial charge is 0.227 e. The highest BCUT2D eigenvalue weighted by atomic mass is 16.5. The minimum atomic E-state index is -0.161. The molecule has 0 aromatic heterocycles. The van der Waals surface area contributed by atoms with Crippen LogP contribution in [0.5, 0.6) is 0 Å². The van der Waals surface area contributed by atoms with Crippen LogP contribution in [0.1, 0.15) is 19.8 Å². The Balaban J connectivity index is 1.76. The van der Waals surface area contributed by atoms with Gasteiger partial charge in [0, 0.05) is 18.6 Å². The van der Waals surface area contributed by atoms with Gasteiger partial charge in [-0.3, -0.25) is 9.69 Å². The Morgan fingerprint density at radius 3 is 3.00 bits per heavy atom. The van der Waals surface area contributed by atoms with Crippen LogP contribution in [-0.4, -0.2) is 55.7 Å². The monoisotopic (exact) mass is 241 g/mol. The molecule has 1 amide bonds. The lowest BCUT2D eigenvalue weighted by Crippen LogP contribution is -2.45. The largest absolute Gasteiger partial charge is 0.379 e. The van der Waals surface area contributed by atoms with E-state index in [1.807, 2.05) is 0 Å². The molecule has 0 aromatic carbocycles.